The molecule has 0 aliphatic carbocycles. The molecule has 102 valence electrons. The highest BCUT2D eigenvalue weighted by molar-refractivity contribution is 5.97. The highest BCUT2D eigenvalue weighted by Gasteiger charge is 2.28. The molecule has 0 aromatic carbocycles. The number of aromatic nitrogens is 2. The lowest BCUT2D eigenvalue weighted by molar-refractivity contribution is -0.125. The maximum atomic E-state index is 11.5. The number of carbonyl (C=O) groups is 2. The van der Waals surface area contributed by atoms with Crippen LogP contribution in [0.2, 0.25) is 0 Å². The first-order valence-corrected chi connectivity index (χ1v) is 6.05. The molecule has 0 saturated carbocycles. The number of hydrogen-bond donors (Lipinski definition) is 2. The summed E-state index contributed by atoms with van der Waals surface area (Å²) in [4.78, 5) is 24.5. The van der Waals surface area contributed by atoms with E-state index in [1.807, 2.05) is 0 Å². The SMILES string of the molecule is C=CC(=O)N1CC[C@H](n2cc(C(N)=O)c(NC)n2)C1. The molecule has 2 amide bonds. The van der Waals surface area contributed by atoms with Crippen molar-refractivity contribution >= 4 is 17.6 Å². The summed E-state index contributed by atoms with van der Waals surface area (Å²) >= 11 is 0. The van der Waals surface area contributed by atoms with E-state index in [1.54, 1.807) is 22.8 Å². The van der Waals surface area contributed by atoms with Crippen molar-refractivity contribution in [2.45, 2.75) is 12.5 Å². The lowest BCUT2D eigenvalue weighted by atomic mass is 10.2. The van der Waals surface area contributed by atoms with E-state index >= 15 is 0 Å². The first kappa shape index (κ1) is 13.1. The van der Waals surface area contributed by atoms with Crippen LogP contribution in [0.15, 0.2) is 18.9 Å². The Labute approximate surface area is 111 Å². The van der Waals surface area contributed by atoms with Crippen molar-refractivity contribution < 1.29 is 9.59 Å². The first-order valence-electron chi connectivity index (χ1n) is 6.05. The Bertz CT molecular complexity index is 522. The fraction of sp³-hybridized carbons (Fsp3) is 0.417. The summed E-state index contributed by atoms with van der Waals surface area (Å²) < 4.78 is 1.70. The molecule has 1 aromatic rings. The van der Waals surface area contributed by atoms with Crippen molar-refractivity contribution in [1.82, 2.24) is 14.7 Å². The summed E-state index contributed by atoms with van der Waals surface area (Å²) in [5.41, 5.74) is 5.65. The summed E-state index contributed by atoms with van der Waals surface area (Å²) in [5, 5.41) is 7.13. The quantitative estimate of drug-likeness (QED) is 0.747. The van der Waals surface area contributed by atoms with E-state index in [0.717, 1.165) is 6.42 Å². The molecule has 0 spiro atoms. The molecule has 3 N–H and O–H groups in total. The minimum Gasteiger partial charge on any atom is -0.371 e. The van der Waals surface area contributed by atoms with Crippen LogP contribution in [0.25, 0.3) is 0 Å². The smallest absolute Gasteiger partial charge is 0.254 e. The number of hydrogen-bond acceptors (Lipinski definition) is 4. The highest BCUT2D eigenvalue weighted by Crippen LogP contribution is 2.24. The van der Waals surface area contributed by atoms with Crippen molar-refractivity contribution in [3.63, 3.8) is 0 Å². The van der Waals surface area contributed by atoms with Crippen LogP contribution in [-0.2, 0) is 4.79 Å². The minimum atomic E-state index is -0.521. The van der Waals surface area contributed by atoms with Crippen LogP contribution in [0.1, 0.15) is 22.8 Å². The molecule has 0 radical (unpaired) electrons. The van der Waals surface area contributed by atoms with Gasteiger partial charge < -0.3 is 16.0 Å². The molecule has 7 nitrogen and oxygen atoms in total. The number of anilines is 1. The Kier molecular flexibility index (Phi) is 3.55. The van der Waals surface area contributed by atoms with Gasteiger partial charge in [0.2, 0.25) is 5.91 Å². The van der Waals surface area contributed by atoms with Crippen LogP contribution in [0.5, 0.6) is 0 Å². The number of likely N-dealkylation sites (tertiary alicyclic amines) is 1. The number of nitrogens with one attached hydrogen (secondary N) is 1. The summed E-state index contributed by atoms with van der Waals surface area (Å²) in [5.74, 6) is -0.146. The standard InChI is InChI=1S/C12H17N5O2/c1-3-10(18)16-5-4-8(6-16)17-7-9(11(13)19)12(14-2)15-17/h3,7-8H,1,4-6H2,2H3,(H2,13,19)(H,14,15)/t8-/m0/s1. The molecule has 1 saturated heterocycles. The molecule has 2 heterocycles. The monoisotopic (exact) mass is 263 g/mol. The number of amides is 2. The largest absolute Gasteiger partial charge is 0.371 e. The maximum absolute atomic E-state index is 11.5. The molecule has 7 heteroatoms. The fourth-order valence-corrected chi connectivity index (χ4v) is 2.23. The Morgan fingerprint density at radius 3 is 2.89 bits per heavy atom. The number of nitrogens with zero attached hydrogens (tertiary/aromatic N) is 3. The zero-order valence-electron chi connectivity index (χ0n) is 10.8. The van der Waals surface area contributed by atoms with Gasteiger partial charge in [-0.25, -0.2) is 0 Å². The Balaban J connectivity index is 2.18. The third-order valence-electron chi connectivity index (χ3n) is 3.26. The lowest BCUT2D eigenvalue weighted by Gasteiger charge is -2.14. The van der Waals surface area contributed by atoms with E-state index in [4.69, 9.17) is 5.73 Å². The van der Waals surface area contributed by atoms with E-state index in [0.29, 0.717) is 24.5 Å². The van der Waals surface area contributed by atoms with Gasteiger partial charge in [0.25, 0.3) is 5.91 Å². The van der Waals surface area contributed by atoms with Gasteiger partial charge in [0.1, 0.15) is 5.56 Å². The third-order valence-corrected chi connectivity index (χ3v) is 3.26. The normalized spacial score (nSPS) is 18.4. The summed E-state index contributed by atoms with van der Waals surface area (Å²) in [6.45, 7) is 4.70. The molecule has 1 fully saturated rings. The van der Waals surface area contributed by atoms with Crippen molar-refractivity contribution in [1.29, 1.82) is 0 Å². The van der Waals surface area contributed by atoms with Crippen molar-refractivity contribution in [3.05, 3.63) is 24.4 Å². The topological polar surface area (TPSA) is 93.3 Å². The van der Waals surface area contributed by atoms with Crippen molar-refractivity contribution in [2.75, 3.05) is 25.5 Å². The van der Waals surface area contributed by atoms with Gasteiger partial charge in [-0.05, 0) is 12.5 Å². The van der Waals surface area contributed by atoms with Gasteiger partial charge in [-0.1, -0.05) is 6.58 Å². The molecular weight excluding hydrogens is 246 g/mol. The molecule has 0 unspecified atom stereocenters. The van der Waals surface area contributed by atoms with Crippen LogP contribution >= 0.6 is 0 Å². The van der Waals surface area contributed by atoms with Crippen molar-refractivity contribution in [2.24, 2.45) is 5.73 Å². The zero-order chi connectivity index (χ0) is 14.0. The highest BCUT2D eigenvalue weighted by atomic mass is 16.2. The van der Waals surface area contributed by atoms with Gasteiger partial charge in [-0.3, -0.25) is 14.3 Å². The lowest BCUT2D eigenvalue weighted by Crippen LogP contribution is -2.27. The Morgan fingerprint density at radius 2 is 2.37 bits per heavy atom. The first-order chi connectivity index (χ1) is 9.06. The number of nitrogens with two attached hydrogens (primary N) is 1. The molecule has 2 rings (SSSR count). The third kappa shape index (κ3) is 2.44. The number of rotatable bonds is 4. The van der Waals surface area contributed by atoms with E-state index in [9.17, 15) is 9.59 Å². The van der Waals surface area contributed by atoms with Gasteiger partial charge in [0, 0.05) is 26.3 Å². The molecule has 1 aromatic heterocycles. The Morgan fingerprint density at radius 1 is 1.63 bits per heavy atom. The van der Waals surface area contributed by atoms with Crippen LogP contribution in [0, 0.1) is 0 Å². The minimum absolute atomic E-state index is 0.0594. The van der Waals surface area contributed by atoms with Crippen LogP contribution in [0.4, 0.5) is 5.82 Å². The molecule has 19 heavy (non-hydrogen) atoms. The zero-order valence-corrected chi connectivity index (χ0v) is 10.8. The van der Waals surface area contributed by atoms with Gasteiger partial charge in [-0.15, -0.1) is 0 Å². The van der Waals surface area contributed by atoms with Gasteiger partial charge in [0.05, 0.1) is 6.04 Å². The second-order valence-electron chi connectivity index (χ2n) is 4.42. The molecule has 1 atom stereocenters. The van der Waals surface area contributed by atoms with Gasteiger partial charge in [0.15, 0.2) is 5.82 Å². The van der Waals surface area contributed by atoms with Gasteiger partial charge in [-0.2, -0.15) is 5.10 Å². The van der Waals surface area contributed by atoms with E-state index in [2.05, 4.69) is 17.0 Å². The molecule has 0 bridgehead atoms. The summed E-state index contributed by atoms with van der Waals surface area (Å²) in [7, 11) is 1.68. The molecule has 1 aliphatic rings. The van der Waals surface area contributed by atoms with E-state index in [-0.39, 0.29) is 11.9 Å². The maximum Gasteiger partial charge on any atom is 0.254 e. The van der Waals surface area contributed by atoms with Crippen molar-refractivity contribution in [3.8, 4) is 0 Å². The van der Waals surface area contributed by atoms with Crippen LogP contribution in [-0.4, -0.2) is 46.6 Å². The fourth-order valence-electron chi connectivity index (χ4n) is 2.23. The van der Waals surface area contributed by atoms with Crippen LogP contribution < -0.4 is 11.1 Å². The molecule has 1 aliphatic heterocycles. The van der Waals surface area contributed by atoms with Crippen LogP contribution in [0.3, 0.4) is 0 Å². The summed E-state index contributed by atoms with van der Waals surface area (Å²) in [6.07, 6.45) is 3.72. The molecular formula is C12H17N5O2. The second kappa shape index (κ2) is 5.13. The predicted molar refractivity (Wildman–Crippen MR) is 70.7 cm³/mol. The second-order valence-corrected chi connectivity index (χ2v) is 4.42. The predicted octanol–water partition coefficient (Wildman–Crippen LogP) is -0.0169. The average Bonchev–Trinajstić information content (AvgIpc) is 3.03. The number of primary amides is 1. The average molecular weight is 263 g/mol. The van der Waals surface area contributed by atoms with E-state index < -0.39 is 5.91 Å². The Hall–Kier alpha value is -2.31. The van der Waals surface area contributed by atoms with E-state index in [1.165, 1.54) is 6.08 Å². The summed E-state index contributed by atoms with van der Waals surface area (Å²) in [6, 6.07) is 0.0594. The van der Waals surface area contributed by atoms with Gasteiger partial charge >= 0.3 is 0 Å². The number of carbonyl (C=O) groups excluding carboxylic acids is 2.